The molecule has 1 aliphatic rings. The van der Waals surface area contributed by atoms with Crippen LogP contribution in [0.3, 0.4) is 0 Å². The van der Waals surface area contributed by atoms with Gasteiger partial charge >= 0.3 is 0 Å². The molecule has 6 heteroatoms. The zero-order valence-electron chi connectivity index (χ0n) is 13.7. The van der Waals surface area contributed by atoms with E-state index in [1.807, 2.05) is 10.9 Å². The Labute approximate surface area is 131 Å². The molecule has 1 atom stereocenters. The van der Waals surface area contributed by atoms with Crippen molar-refractivity contribution in [2.24, 2.45) is 5.92 Å². The first-order valence-corrected chi connectivity index (χ1v) is 8.00. The van der Waals surface area contributed by atoms with Crippen LogP contribution in [0.5, 0.6) is 0 Å². The maximum absolute atomic E-state index is 5.91. The molecule has 3 heterocycles. The Morgan fingerprint density at radius 2 is 2.23 bits per heavy atom. The molecule has 0 unspecified atom stereocenters. The van der Waals surface area contributed by atoms with E-state index in [9.17, 15) is 0 Å². The fourth-order valence-corrected chi connectivity index (χ4v) is 2.96. The lowest BCUT2D eigenvalue weighted by Gasteiger charge is -2.31. The fraction of sp³-hybridized carbons (Fsp3) is 0.688. The Morgan fingerprint density at radius 3 is 2.91 bits per heavy atom. The molecule has 0 amide bonds. The number of rotatable bonds is 4. The molecule has 0 bridgehead atoms. The SMILES string of the molecule is CC(C)(C)c1cnc(CN2CCC[C@H](Cn3cncn3)C2)o1. The minimum Gasteiger partial charge on any atom is -0.444 e. The Bertz CT molecular complexity index is 584. The van der Waals surface area contributed by atoms with Crippen molar-refractivity contribution in [2.75, 3.05) is 13.1 Å². The van der Waals surface area contributed by atoms with Crippen LogP contribution in [0.25, 0.3) is 0 Å². The van der Waals surface area contributed by atoms with E-state index in [-0.39, 0.29) is 5.41 Å². The third-order valence-electron chi connectivity index (χ3n) is 4.17. The van der Waals surface area contributed by atoms with Crippen molar-refractivity contribution in [3.8, 4) is 0 Å². The average molecular weight is 303 g/mol. The third kappa shape index (κ3) is 3.74. The van der Waals surface area contributed by atoms with Gasteiger partial charge in [0, 0.05) is 18.5 Å². The number of nitrogens with zero attached hydrogens (tertiary/aromatic N) is 5. The second kappa shape index (κ2) is 6.20. The summed E-state index contributed by atoms with van der Waals surface area (Å²) in [4.78, 5) is 10.9. The molecule has 0 aliphatic carbocycles. The van der Waals surface area contributed by atoms with Crippen molar-refractivity contribution < 1.29 is 4.42 Å². The lowest BCUT2D eigenvalue weighted by molar-refractivity contribution is 0.140. The Kier molecular flexibility index (Phi) is 4.29. The highest BCUT2D eigenvalue weighted by Gasteiger charge is 2.23. The fourth-order valence-electron chi connectivity index (χ4n) is 2.96. The molecule has 6 nitrogen and oxygen atoms in total. The van der Waals surface area contributed by atoms with Crippen LogP contribution in [0.15, 0.2) is 23.3 Å². The molecule has 22 heavy (non-hydrogen) atoms. The van der Waals surface area contributed by atoms with E-state index in [1.54, 1.807) is 12.7 Å². The molecule has 1 saturated heterocycles. The maximum Gasteiger partial charge on any atom is 0.208 e. The Morgan fingerprint density at radius 1 is 1.36 bits per heavy atom. The van der Waals surface area contributed by atoms with Crippen molar-refractivity contribution >= 4 is 0 Å². The van der Waals surface area contributed by atoms with E-state index < -0.39 is 0 Å². The second-order valence-electron chi connectivity index (χ2n) is 7.23. The van der Waals surface area contributed by atoms with Gasteiger partial charge < -0.3 is 4.42 Å². The number of piperidine rings is 1. The summed E-state index contributed by atoms with van der Waals surface area (Å²) in [6, 6.07) is 0. The summed E-state index contributed by atoms with van der Waals surface area (Å²) in [5.74, 6) is 2.40. The molecule has 0 radical (unpaired) electrons. The normalized spacial score (nSPS) is 20.4. The molecule has 0 spiro atoms. The first-order valence-electron chi connectivity index (χ1n) is 8.00. The van der Waals surface area contributed by atoms with Crippen LogP contribution in [0.4, 0.5) is 0 Å². The minimum atomic E-state index is 0.0166. The predicted molar refractivity (Wildman–Crippen MR) is 83.2 cm³/mol. The average Bonchev–Trinajstić information content (AvgIpc) is 3.10. The second-order valence-corrected chi connectivity index (χ2v) is 7.23. The van der Waals surface area contributed by atoms with Crippen molar-refractivity contribution in [1.82, 2.24) is 24.6 Å². The molecule has 1 fully saturated rings. The van der Waals surface area contributed by atoms with Gasteiger partial charge in [-0.05, 0) is 25.3 Å². The smallest absolute Gasteiger partial charge is 0.208 e. The predicted octanol–water partition coefficient (Wildman–Crippen LogP) is 2.48. The maximum atomic E-state index is 5.91. The minimum absolute atomic E-state index is 0.0166. The highest BCUT2D eigenvalue weighted by Crippen LogP contribution is 2.24. The first kappa shape index (κ1) is 15.2. The van der Waals surface area contributed by atoms with Gasteiger partial charge in [0.05, 0.1) is 12.7 Å². The highest BCUT2D eigenvalue weighted by atomic mass is 16.4. The number of likely N-dealkylation sites (tertiary alicyclic amines) is 1. The van der Waals surface area contributed by atoms with Gasteiger partial charge in [0.15, 0.2) is 0 Å². The van der Waals surface area contributed by atoms with Crippen LogP contribution < -0.4 is 0 Å². The molecule has 0 aromatic carbocycles. The molecule has 120 valence electrons. The van der Waals surface area contributed by atoms with E-state index in [0.29, 0.717) is 5.92 Å². The summed E-state index contributed by atoms with van der Waals surface area (Å²) in [5.41, 5.74) is 0.0166. The summed E-state index contributed by atoms with van der Waals surface area (Å²) in [7, 11) is 0. The van der Waals surface area contributed by atoms with Gasteiger partial charge in [-0.2, -0.15) is 5.10 Å². The quantitative estimate of drug-likeness (QED) is 0.868. The summed E-state index contributed by atoms with van der Waals surface area (Å²) < 4.78 is 7.84. The molecular formula is C16H25N5O. The van der Waals surface area contributed by atoms with E-state index in [1.165, 1.54) is 12.8 Å². The number of oxazole rings is 1. The van der Waals surface area contributed by atoms with E-state index in [4.69, 9.17) is 4.42 Å². The molecule has 1 aliphatic heterocycles. The lowest BCUT2D eigenvalue weighted by atomic mass is 9.94. The van der Waals surface area contributed by atoms with Crippen LogP contribution in [0.2, 0.25) is 0 Å². The van der Waals surface area contributed by atoms with Crippen molar-refractivity contribution in [3.05, 3.63) is 30.5 Å². The van der Waals surface area contributed by atoms with E-state index in [2.05, 4.69) is 40.7 Å². The van der Waals surface area contributed by atoms with Crippen LogP contribution >= 0.6 is 0 Å². The van der Waals surface area contributed by atoms with E-state index >= 15 is 0 Å². The van der Waals surface area contributed by atoms with Crippen LogP contribution in [0.1, 0.15) is 45.3 Å². The largest absolute Gasteiger partial charge is 0.444 e. The molecule has 3 rings (SSSR count). The Hall–Kier alpha value is -1.69. The van der Waals surface area contributed by atoms with Gasteiger partial charge in [-0.3, -0.25) is 9.58 Å². The number of hydrogen-bond donors (Lipinski definition) is 0. The first-order chi connectivity index (χ1) is 10.5. The van der Waals surface area contributed by atoms with Gasteiger partial charge in [-0.15, -0.1) is 0 Å². The van der Waals surface area contributed by atoms with Gasteiger partial charge in [-0.25, -0.2) is 9.97 Å². The molecular weight excluding hydrogens is 278 g/mol. The van der Waals surface area contributed by atoms with Crippen molar-refractivity contribution in [2.45, 2.75) is 52.1 Å². The summed E-state index contributed by atoms with van der Waals surface area (Å²) in [6.07, 6.45) is 7.72. The van der Waals surface area contributed by atoms with Gasteiger partial charge in [0.25, 0.3) is 0 Å². The van der Waals surface area contributed by atoms with Gasteiger partial charge in [0.2, 0.25) is 5.89 Å². The van der Waals surface area contributed by atoms with Gasteiger partial charge in [0.1, 0.15) is 18.4 Å². The third-order valence-corrected chi connectivity index (χ3v) is 4.17. The zero-order chi connectivity index (χ0) is 15.6. The summed E-state index contributed by atoms with van der Waals surface area (Å²) in [6.45, 7) is 10.3. The zero-order valence-corrected chi connectivity index (χ0v) is 13.7. The standard InChI is InChI=1S/C16H25N5O/c1-16(2,3)14-7-18-15(22-14)10-20-6-4-5-13(8-20)9-21-12-17-11-19-21/h7,11-13H,4-6,8-10H2,1-3H3/t13-/m0/s1. The van der Waals surface area contributed by atoms with Crippen LogP contribution in [-0.4, -0.2) is 37.7 Å². The summed E-state index contributed by atoms with van der Waals surface area (Å²) in [5, 5.41) is 4.21. The number of aromatic nitrogens is 4. The number of hydrogen-bond acceptors (Lipinski definition) is 5. The van der Waals surface area contributed by atoms with Crippen molar-refractivity contribution in [3.63, 3.8) is 0 Å². The molecule has 0 saturated carbocycles. The molecule has 2 aromatic rings. The van der Waals surface area contributed by atoms with Crippen LogP contribution in [0, 0.1) is 5.92 Å². The lowest BCUT2D eigenvalue weighted by Crippen LogP contribution is -2.36. The van der Waals surface area contributed by atoms with Crippen LogP contribution in [-0.2, 0) is 18.5 Å². The van der Waals surface area contributed by atoms with Crippen molar-refractivity contribution in [1.29, 1.82) is 0 Å². The monoisotopic (exact) mass is 303 g/mol. The topological polar surface area (TPSA) is 60.0 Å². The Balaban J connectivity index is 1.57. The summed E-state index contributed by atoms with van der Waals surface area (Å²) >= 11 is 0. The molecule has 0 N–H and O–H groups in total. The molecule has 2 aromatic heterocycles. The van der Waals surface area contributed by atoms with Gasteiger partial charge in [-0.1, -0.05) is 20.8 Å². The highest BCUT2D eigenvalue weighted by molar-refractivity contribution is 5.06. The van der Waals surface area contributed by atoms with E-state index in [0.717, 1.165) is 37.8 Å².